The quantitative estimate of drug-likeness (QED) is 0.922. The molecule has 0 saturated heterocycles. The Labute approximate surface area is 130 Å². The van der Waals surface area contributed by atoms with Gasteiger partial charge in [0.05, 0.1) is 6.61 Å². The van der Waals surface area contributed by atoms with Crippen molar-refractivity contribution < 1.29 is 4.74 Å². The molecule has 1 aliphatic rings. The topological polar surface area (TPSA) is 38.5 Å². The van der Waals surface area contributed by atoms with Crippen molar-refractivity contribution in [3.63, 3.8) is 0 Å². The molecule has 2 heterocycles. The van der Waals surface area contributed by atoms with Crippen LogP contribution in [0, 0.1) is 0 Å². The van der Waals surface area contributed by atoms with Crippen LogP contribution in [0.15, 0.2) is 35.7 Å². The fraction of sp³-hybridized carbons (Fsp3) is 0.412. The summed E-state index contributed by atoms with van der Waals surface area (Å²) in [6, 6.07) is 10.9. The second-order valence-corrected chi connectivity index (χ2v) is 6.34. The van der Waals surface area contributed by atoms with Crippen molar-refractivity contribution in [1.82, 2.24) is 4.90 Å². The van der Waals surface area contributed by atoms with Gasteiger partial charge in [0.1, 0.15) is 5.75 Å². The third-order valence-electron chi connectivity index (χ3n) is 4.08. The van der Waals surface area contributed by atoms with E-state index in [1.807, 2.05) is 30.4 Å². The second-order valence-electron chi connectivity index (χ2n) is 5.34. The van der Waals surface area contributed by atoms with Crippen molar-refractivity contribution in [3.05, 3.63) is 51.7 Å². The van der Waals surface area contributed by atoms with E-state index in [-0.39, 0.29) is 6.04 Å². The van der Waals surface area contributed by atoms with Gasteiger partial charge in [0.15, 0.2) is 0 Å². The first-order valence-corrected chi connectivity index (χ1v) is 8.42. The van der Waals surface area contributed by atoms with Crippen molar-refractivity contribution in [2.24, 2.45) is 5.73 Å². The predicted octanol–water partition coefficient (Wildman–Crippen LogP) is 3.20. The Hall–Kier alpha value is -1.36. The summed E-state index contributed by atoms with van der Waals surface area (Å²) >= 11 is 1.88. The number of thiophene rings is 1. The SMILES string of the molecule is CCOc1ccc(C(CN)N2CCc3sccc3C2)cc1. The van der Waals surface area contributed by atoms with Gasteiger partial charge in [0.2, 0.25) is 0 Å². The Morgan fingerprint density at radius 2 is 2.10 bits per heavy atom. The molecule has 4 heteroatoms. The van der Waals surface area contributed by atoms with Crippen molar-refractivity contribution in [2.75, 3.05) is 19.7 Å². The van der Waals surface area contributed by atoms with E-state index < -0.39 is 0 Å². The highest BCUT2D eigenvalue weighted by Gasteiger charge is 2.24. The molecule has 2 aromatic rings. The van der Waals surface area contributed by atoms with Crippen molar-refractivity contribution in [1.29, 1.82) is 0 Å². The highest BCUT2D eigenvalue weighted by molar-refractivity contribution is 7.10. The molecule has 0 bridgehead atoms. The number of fused-ring (bicyclic) bond motifs is 1. The highest BCUT2D eigenvalue weighted by Crippen LogP contribution is 2.30. The van der Waals surface area contributed by atoms with E-state index in [0.29, 0.717) is 13.2 Å². The minimum absolute atomic E-state index is 0.286. The van der Waals surface area contributed by atoms with Gasteiger partial charge in [-0.05, 0) is 48.1 Å². The van der Waals surface area contributed by atoms with E-state index >= 15 is 0 Å². The van der Waals surface area contributed by atoms with Gasteiger partial charge in [-0.3, -0.25) is 4.90 Å². The maximum absolute atomic E-state index is 6.06. The third-order valence-corrected chi connectivity index (χ3v) is 5.10. The zero-order valence-corrected chi connectivity index (χ0v) is 13.2. The lowest BCUT2D eigenvalue weighted by molar-refractivity contribution is 0.185. The zero-order valence-electron chi connectivity index (χ0n) is 12.4. The van der Waals surface area contributed by atoms with Crippen LogP contribution in [-0.4, -0.2) is 24.6 Å². The lowest BCUT2D eigenvalue weighted by atomic mass is 10.0. The molecule has 0 spiro atoms. The largest absolute Gasteiger partial charge is 0.494 e. The van der Waals surface area contributed by atoms with E-state index in [1.165, 1.54) is 16.0 Å². The normalized spacial score (nSPS) is 16.5. The fourth-order valence-electron chi connectivity index (χ4n) is 2.99. The number of rotatable bonds is 5. The summed E-state index contributed by atoms with van der Waals surface area (Å²) in [7, 11) is 0. The van der Waals surface area contributed by atoms with Crippen LogP contribution in [-0.2, 0) is 13.0 Å². The van der Waals surface area contributed by atoms with Crippen LogP contribution in [0.25, 0.3) is 0 Å². The first kappa shape index (κ1) is 14.6. The van der Waals surface area contributed by atoms with Crippen LogP contribution < -0.4 is 10.5 Å². The Morgan fingerprint density at radius 1 is 1.29 bits per heavy atom. The summed E-state index contributed by atoms with van der Waals surface area (Å²) in [4.78, 5) is 4.03. The lowest BCUT2D eigenvalue weighted by Crippen LogP contribution is -2.37. The van der Waals surface area contributed by atoms with Crippen LogP contribution >= 0.6 is 11.3 Å². The molecule has 112 valence electrons. The summed E-state index contributed by atoms with van der Waals surface area (Å²) in [5, 5.41) is 2.20. The molecule has 1 aromatic heterocycles. The molecule has 0 aliphatic carbocycles. The van der Waals surface area contributed by atoms with E-state index in [9.17, 15) is 0 Å². The van der Waals surface area contributed by atoms with Crippen LogP contribution in [0.2, 0.25) is 0 Å². The van der Waals surface area contributed by atoms with Gasteiger partial charge >= 0.3 is 0 Å². The molecule has 0 amide bonds. The minimum Gasteiger partial charge on any atom is -0.494 e. The summed E-state index contributed by atoms with van der Waals surface area (Å²) in [5.41, 5.74) is 8.80. The standard InChI is InChI=1S/C17H22N2OS/c1-2-20-15-5-3-13(4-6-15)16(11-18)19-9-7-17-14(12-19)8-10-21-17/h3-6,8,10,16H,2,7,9,11-12,18H2,1H3. The molecule has 1 aliphatic heterocycles. The number of benzene rings is 1. The number of nitrogens with two attached hydrogens (primary N) is 1. The van der Waals surface area contributed by atoms with E-state index in [0.717, 1.165) is 25.3 Å². The number of hydrogen-bond donors (Lipinski definition) is 1. The highest BCUT2D eigenvalue weighted by atomic mass is 32.1. The first-order chi connectivity index (χ1) is 10.3. The molecule has 2 N–H and O–H groups in total. The average Bonchev–Trinajstić information content (AvgIpc) is 2.98. The van der Waals surface area contributed by atoms with Gasteiger partial charge in [-0.15, -0.1) is 11.3 Å². The van der Waals surface area contributed by atoms with Gasteiger partial charge < -0.3 is 10.5 Å². The van der Waals surface area contributed by atoms with Gasteiger partial charge in [0.25, 0.3) is 0 Å². The molecule has 0 fully saturated rings. The van der Waals surface area contributed by atoms with Gasteiger partial charge in [0, 0.05) is 30.6 Å². The number of hydrogen-bond acceptors (Lipinski definition) is 4. The monoisotopic (exact) mass is 302 g/mol. The smallest absolute Gasteiger partial charge is 0.119 e. The predicted molar refractivity (Wildman–Crippen MR) is 87.8 cm³/mol. The summed E-state index contributed by atoms with van der Waals surface area (Å²) in [6.45, 7) is 5.44. The fourth-order valence-corrected chi connectivity index (χ4v) is 3.87. The van der Waals surface area contributed by atoms with E-state index in [2.05, 4.69) is 28.5 Å². The minimum atomic E-state index is 0.286. The molecule has 0 radical (unpaired) electrons. The Kier molecular flexibility index (Phi) is 4.58. The second kappa shape index (κ2) is 6.60. The molecule has 3 nitrogen and oxygen atoms in total. The van der Waals surface area contributed by atoms with Crippen LogP contribution in [0.3, 0.4) is 0 Å². The van der Waals surface area contributed by atoms with Crippen LogP contribution in [0.5, 0.6) is 5.75 Å². The van der Waals surface area contributed by atoms with Gasteiger partial charge in [-0.25, -0.2) is 0 Å². The van der Waals surface area contributed by atoms with E-state index in [1.54, 1.807) is 0 Å². The molecular formula is C17H22N2OS. The molecule has 21 heavy (non-hydrogen) atoms. The van der Waals surface area contributed by atoms with E-state index in [4.69, 9.17) is 10.5 Å². The summed E-state index contributed by atoms with van der Waals surface area (Å²) in [6.07, 6.45) is 1.14. The molecule has 0 saturated carbocycles. The number of nitrogens with zero attached hydrogens (tertiary/aromatic N) is 1. The lowest BCUT2D eigenvalue weighted by Gasteiger charge is -2.34. The van der Waals surface area contributed by atoms with Crippen molar-refractivity contribution in [2.45, 2.75) is 25.9 Å². The Balaban J connectivity index is 1.76. The molecular weight excluding hydrogens is 280 g/mol. The average molecular weight is 302 g/mol. The summed E-state index contributed by atoms with van der Waals surface area (Å²) < 4.78 is 5.51. The molecule has 1 unspecified atom stereocenters. The molecule has 1 atom stereocenters. The van der Waals surface area contributed by atoms with Crippen LogP contribution in [0.1, 0.15) is 29.0 Å². The van der Waals surface area contributed by atoms with Crippen molar-refractivity contribution >= 4 is 11.3 Å². The molecule has 1 aromatic carbocycles. The van der Waals surface area contributed by atoms with Crippen molar-refractivity contribution in [3.8, 4) is 5.75 Å². The zero-order chi connectivity index (χ0) is 14.7. The van der Waals surface area contributed by atoms with Gasteiger partial charge in [-0.2, -0.15) is 0 Å². The Morgan fingerprint density at radius 3 is 2.81 bits per heavy atom. The molecule has 3 rings (SSSR count). The van der Waals surface area contributed by atoms with Gasteiger partial charge in [-0.1, -0.05) is 12.1 Å². The third kappa shape index (κ3) is 3.12. The maximum atomic E-state index is 6.06. The first-order valence-electron chi connectivity index (χ1n) is 7.54. The number of ether oxygens (including phenoxy) is 1. The maximum Gasteiger partial charge on any atom is 0.119 e. The summed E-state index contributed by atoms with van der Waals surface area (Å²) in [5.74, 6) is 0.927. The Bertz CT molecular complexity index is 579. The van der Waals surface area contributed by atoms with Crippen LogP contribution in [0.4, 0.5) is 0 Å².